The highest BCUT2D eigenvalue weighted by atomic mass is 79.9. The molecule has 2 rings (SSSR count). The second kappa shape index (κ2) is 5.11. The van der Waals surface area contributed by atoms with Crippen LogP contribution < -0.4 is 0 Å². The van der Waals surface area contributed by atoms with Gasteiger partial charge in [-0.25, -0.2) is 12.8 Å². The van der Waals surface area contributed by atoms with Crippen molar-refractivity contribution in [3.63, 3.8) is 0 Å². The molecule has 1 saturated carbocycles. The Balaban J connectivity index is 2.42. The van der Waals surface area contributed by atoms with Crippen LogP contribution >= 0.6 is 15.9 Å². The molecule has 0 heterocycles. The first-order valence-electron chi connectivity index (χ1n) is 5.54. The number of hydrogen-bond donors (Lipinski definition) is 0. The molecule has 1 fully saturated rings. The van der Waals surface area contributed by atoms with Gasteiger partial charge < -0.3 is 0 Å². The first-order valence-corrected chi connectivity index (χ1v) is 7.78. The molecule has 0 saturated heterocycles. The Bertz CT molecular complexity index is 569. The van der Waals surface area contributed by atoms with Crippen LogP contribution in [0.3, 0.4) is 0 Å². The smallest absolute Gasteiger partial charge is 0.207 e. The molecule has 6 heteroatoms. The second-order valence-electron chi connectivity index (χ2n) is 4.17. The molecule has 0 amide bonds. The largest absolute Gasteiger partial charge is 0.246 e. The number of rotatable bonds is 5. The van der Waals surface area contributed by atoms with Crippen LogP contribution in [0.25, 0.3) is 0 Å². The maximum atomic E-state index is 13.8. The lowest BCUT2D eigenvalue weighted by molar-refractivity contribution is 0.431. The third-order valence-corrected chi connectivity index (χ3v) is 5.19. The number of sulfonamides is 1. The van der Waals surface area contributed by atoms with Crippen LogP contribution in [-0.2, 0) is 10.0 Å². The summed E-state index contributed by atoms with van der Waals surface area (Å²) in [6, 6.07) is 3.95. The minimum absolute atomic E-state index is 0.0175. The normalized spacial score (nSPS) is 15.9. The minimum atomic E-state index is -3.78. The van der Waals surface area contributed by atoms with Gasteiger partial charge in [-0.2, -0.15) is 4.31 Å². The van der Waals surface area contributed by atoms with Gasteiger partial charge in [-0.15, -0.1) is 6.58 Å². The van der Waals surface area contributed by atoms with Crippen molar-refractivity contribution in [1.29, 1.82) is 0 Å². The Morgan fingerprint density at radius 1 is 1.50 bits per heavy atom. The van der Waals surface area contributed by atoms with Crippen LogP contribution in [0.2, 0.25) is 0 Å². The van der Waals surface area contributed by atoms with Gasteiger partial charge in [0.25, 0.3) is 0 Å². The topological polar surface area (TPSA) is 37.4 Å². The van der Waals surface area contributed by atoms with E-state index in [9.17, 15) is 12.8 Å². The predicted octanol–water partition coefficient (Wildman–Crippen LogP) is 2.93. The van der Waals surface area contributed by atoms with E-state index in [0.717, 1.165) is 18.9 Å². The van der Waals surface area contributed by atoms with Crippen LogP contribution in [0.5, 0.6) is 0 Å². The van der Waals surface area contributed by atoms with E-state index in [2.05, 4.69) is 22.5 Å². The Labute approximate surface area is 114 Å². The molecule has 0 spiro atoms. The molecular formula is C12H13BrFNO2S. The van der Waals surface area contributed by atoms with E-state index < -0.39 is 15.8 Å². The third kappa shape index (κ3) is 2.65. The van der Waals surface area contributed by atoms with E-state index in [1.807, 2.05) is 0 Å². The fourth-order valence-electron chi connectivity index (χ4n) is 1.74. The molecule has 0 N–H and O–H groups in total. The molecule has 0 aromatic heterocycles. The van der Waals surface area contributed by atoms with Crippen molar-refractivity contribution < 1.29 is 12.8 Å². The molecule has 0 bridgehead atoms. The van der Waals surface area contributed by atoms with Gasteiger partial charge in [0.2, 0.25) is 10.0 Å². The van der Waals surface area contributed by atoms with E-state index >= 15 is 0 Å². The zero-order chi connectivity index (χ0) is 13.3. The highest BCUT2D eigenvalue weighted by Gasteiger charge is 2.38. The highest BCUT2D eigenvalue weighted by Crippen LogP contribution is 2.33. The van der Waals surface area contributed by atoms with Gasteiger partial charge in [-0.1, -0.05) is 22.0 Å². The van der Waals surface area contributed by atoms with Gasteiger partial charge in [0, 0.05) is 17.1 Å². The Hall–Kier alpha value is -0.720. The van der Waals surface area contributed by atoms with E-state index in [1.165, 1.54) is 22.5 Å². The molecule has 0 radical (unpaired) electrons. The lowest BCUT2D eigenvalue weighted by atomic mass is 10.3. The highest BCUT2D eigenvalue weighted by molar-refractivity contribution is 9.10. The molecular weight excluding hydrogens is 321 g/mol. The van der Waals surface area contributed by atoms with Crippen molar-refractivity contribution in [2.45, 2.75) is 23.8 Å². The molecule has 1 aromatic carbocycles. The number of hydrogen-bond acceptors (Lipinski definition) is 2. The lowest BCUT2D eigenvalue weighted by Gasteiger charge is -2.20. The molecule has 18 heavy (non-hydrogen) atoms. The monoisotopic (exact) mass is 333 g/mol. The van der Waals surface area contributed by atoms with Crippen LogP contribution in [-0.4, -0.2) is 25.3 Å². The summed E-state index contributed by atoms with van der Waals surface area (Å²) in [4.78, 5) is -0.278. The van der Waals surface area contributed by atoms with E-state index in [1.54, 1.807) is 0 Å². The summed E-state index contributed by atoms with van der Waals surface area (Å²) in [5.41, 5.74) is 0. The van der Waals surface area contributed by atoms with Gasteiger partial charge in [0.05, 0.1) is 0 Å². The van der Waals surface area contributed by atoms with E-state index in [-0.39, 0.29) is 17.5 Å². The summed E-state index contributed by atoms with van der Waals surface area (Å²) >= 11 is 3.11. The summed E-state index contributed by atoms with van der Waals surface area (Å²) in [6.07, 6.45) is 3.17. The molecule has 0 unspecified atom stereocenters. The second-order valence-corrected chi connectivity index (χ2v) is 6.94. The summed E-state index contributed by atoms with van der Waals surface area (Å²) in [5, 5.41) is 0. The summed E-state index contributed by atoms with van der Waals surface area (Å²) in [5.74, 6) is -0.737. The SMILES string of the molecule is C=CCN(C1CC1)S(=O)(=O)c1ccc(Br)cc1F. The van der Waals surface area contributed by atoms with Gasteiger partial charge in [0.15, 0.2) is 0 Å². The maximum Gasteiger partial charge on any atom is 0.246 e. The molecule has 0 atom stereocenters. The molecule has 1 aliphatic rings. The Morgan fingerprint density at radius 3 is 2.67 bits per heavy atom. The standard InChI is InChI=1S/C12H13BrFNO2S/c1-2-7-15(10-4-5-10)18(16,17)12-6-3-9(13)8-11(12)14/h2-3,6,8,10H,1,4-5,7H2. The van der Waals surface area contributed by atoms with Crippen molar-refractivity contribution >= 4 is 26.0 Å². The van der Waals surface area contributed by atoms with Crippen molar-refractivity contribution in [3.8, 4) is 0 Å². The summed E-state index contributed by atoms with van der Waals surface area (Å²) in [6.45, 7) is 3.76. The predicted molar refractivity (Wildman–Crippen MR) is 71.2 cm³/mol. The van der Waals surface area contributed by atoms with Crippen molar-refractivity contribution in [3.05, 3.63) is 41.1 Å². The average molecular weight is 334 g/mol. The van der Waals surface area contributed by atoms with Crippen LogP contribution in [0.15, 0.2) is 40.2 Å². The van der Waals surface area contributed by atoms with Gasteiger partial charge >= 0.3 is 0 Å². The van der Waals surface area contributed by atoms with Crippen LogP contribution in [0, 0.1) is 5.82 Å². The first kappa shape index (κ1) is 13.7. The molecule has 98 valence electrons. The van der Waals surface area contributed by atoms with Gasteiger partial charge in [0.1, 0.15) is 10.7 Å². The number of halogens is 2. The summed E-state index contributed by atoms with van der Waals surface area (Å²) in [7, 11) is -3.78. The van der Waals surface area contributed by atoms with Crippen LogP contribution in [0.4, 0.5) is 4.39 Å². The molecule has 3 nitrogen and oxygen atoms in total. The summed E-state index contributed by atoms with van der Waals surface area (Å²) < 4.78 is 40.3. The zero-order valence-electron chi connectivity index (χ0n) is 9.64. The first-order chi connectivity index (χ1) is 8.46. The number of benzene rings is 1. The fraction of sp³-hybridized carbons (Fsp3) is 0.333. The van der Waals surface area contributed by atoms with Gasteiger partial charge in [-0.3, -0.25) is 0 Å². The van der Waals surface area contributed by atoms with Crippen molar-refractivity contribution in [1.82, 2.24) is 4.31 Å². The zero-order valence-corrected chi connectivity index (χ0v) is 12.0. The third-order valence-electron chi connectivity index (χ3n) is 2.74. The van der Waals surface area contributed by atoms with Crippen molar-refractivity contribution in [2.24, 2.45) is 0 Å². The van der Waals surface area contributed by atoms with E-state index in [0.29, 0.717) is 4.47 Å². The Kier molecular flexibility index (Phi) is 3.89. The van der Waals surface area contributed by atoms with E-state index in [4.69, 9.17) is 0 Å². The molecule has 1 aromatic rings. The molecule has 1 aliphatic carbocycles. The van der Waals surface area contributed by atoms with Gasteiger partial charge in [-0.05, 0) is 31.0 Å². The lowest BCUT2D eigenvalue weighted by Crippen LogP contribution is -2.33. The quantitative estimate of drug-likeness (QED) is 0.777. The van der Waals surface area contributed by atoms with Crippen LogP contribution in [0.1, 0.15) is 12.8 Å². The minimum Gasteiger partial charge on any atom is -0.207 e. The number of nitrogens with zero attached hydrogens (tertiary/aromatic N) is 1. The Morgan fingerprint density at radius 2 is 2.17 bits per heavy atom. The molecule has 0 aliphatic heterocycles. The average Bonchev–Trinajstić information content (AvgIpc) is 3.08. The maximum absolute atomic E-state index is 13.8. The fourth-order valence-corrected chi connectivity index (χ4v) is 3.78. The van der Waals surface area contributed by atoms with Crippen molar-refractivity contribution in [2.75, 3.05) is 6.54 Å².